The summed E-state index contributed by atoms with van der Waals surface area (Å²) in [6.07, 6.45) is 3.14. The fraction of sp³-hybridized carbons (Fsp3) is 0.214. The van der Waals surface area contributed by atoms with Crippen LogP contribution in [0.4, 0.5) is 11.5 Å². The zero-order chi connectivity index (χ0) is 14.5. The number of benzene rings is 1. The van der Waals surface area contributed by atoms with Crippen LogP contribution in [0.5, 0.6) is 0 Å². The minimum absolute atomic E-state index is 0.111. The van der Waals surface area contributed by atoms with Gasteiger partial charge >= 0.3 is 0 Å². The molecule has 0 spiro atoms. The molecule has 0 atom stereocenters. The molecule has 1 aromatic heterocycles. The van der Waals surface area contributed by atoms with Crippen molar-refractivity contribution >= 4 is 17.4 Å². The van der Waals surface area contributed by atoms with Gasteiger partial charge in [0.15, 0.2) is 0 Å². The average molecular weight is 271 g/mol. The maximum Gasteiger partial charge on any atom is 0.251 e. The van der Waals surface area contributed by atoms with E-state index in [0.717, 1.165) is 16.9 Å². The third kappa shape index (κ3) is 3.23. The first kappa shape index (κ1) is 13.8. The van der Waals surface area contributed by atoms with Crippen LogP contribution in [0.25, 0.3) is 0 Å². The first-order valence-corrected chi connectivity index (χ1v) is 6.23. The molecule has 6 nitrogen and oxygen atoms in total. The Kier molecular flexibility index (Phi) is 4.14. The molecular formula is C14H17N5O. The zero-order valence-corrected chi connectivity index (χ0v) is 11.5. The molecule has 0 radical (unpaired) electrons. The third-order valence-electron chi connectivity index (χ3n) is 2.91. The van der Waals surface area contributed by atoms with E-state index in [1.807, 2.05) is 19.1 Å². The summed E-state index contributed by atoms with van der Waals surface area (Å²) in [5, 5.41) is 5.85. The molecule has 1 amide bonds. The predicted molar refractivity (Wildman–Crippen MR) is 78.3 cm³/mol. The highest BCUT2D eigenvalue weighted by molar-refractivity contribution is 5.95. The maximum absolute atomic E-state index is 11.6. The van der Waals surface area contributed by atoms with Gasteiger partial charge in [-0.15, -0.1) is 0 Å². The van der Waals surface area contributed by atoms with Crippen LogP contribution in [0.1, 0.15) is 21.6 Å². The molecule has 0 aliphatic heterocycles. The molecule has 0 aliphatic rings. The molecule has 1 heterocycles. The van der Waals surface area contributed by atoms with E-state index in [2.05, 4.69) is 20.6 Å². The van der Waals surface area contributed by atoms with Gasteiger partial charge in [0.25, 0.3) is 5.91 Å². The average Bonchev–Trinajstić information content (AvgIpc) is 2.47. The predicted octanol–water partition coefficient (Wildman–Crippen LogP) is 1.34. The number of carbonyl (C=O) groups is 1. The lowest BCUT2D eigenvalue weighted by molar-refractivity contribution is 0.0963. The standard InChI is InChI=1S/C14H17N5O/c1-9-3-4-10(14(20)16-2)5-12(9)18-6-11-7-19-13(15)8-17-11/h3-5,7-8,18H,6H2,1-2H3,(H2,15,19)(H,16,20). The lowest BCUT2D eigenvalue weighted by atomic mass is 10.1. The Labute approximate surface area is 117 Å². The van der Waals surface area contributed by atoms with Crippen LogP contribution < -0.4 is 16.4 Å². The highest BCUT2D eigenvalue weighted by Gasteiger charge is 2.06. The molecule has 2 rings (SSSR count). The number of nitrogen functional groups attached to an aromatic ring is 1. The highest BCUT2D eigenvalue weighted by atomic mass is 16.1. The van der Waals surface area contributed by atoms with E-state index in [4.69, 9.17) is 5.73 Å². The van der Waals surface area contributed by atoms with E-state index in [1.54, 1.807) is 19.3 Å². The van der Waals surface area contributed by atoms with Crippen LogP contribution in [-0.2, 0) is 6.54 Å². The van der Waals surface area contributed by atoms with Crippen LogP contribution in [0.15, 0.2) is 30.6 Å². The van der Waals surface area contributed by atoms with Crippen LogP contribution >= 0.6 is 0 Å². The molecule has 0 aliphatic carbocycles. The van der Waals surface area contributed by atoms with Crippen LogP contribution in [0, 0.1) is 6.92 Å². The molecular weight excluding hydrogens is 254 g/mol. The topological polar surface area (TPSA) is 92.9 Å². The lowest BCUT2D eigenvalue weighted by Gasteiger charge is -2.11. The van der Waals surface area contributed by atoms with Gasteiger partial charge in [-0.3, -0.25) is 9.78 Å². The normalized spacial score (nSPS) is 10.1. The SMILES string of the molecule is CNC(=O)c1ccc(C)c(NCc2cnc(N)cn2)c1. The number of amides is 1. The van der Waals surface area contributed by atoms with Crippen LogP contribution in [-0.4, -0.2) is 22.9 Å². The molecule has 1 aromatic carbocycles. The molecule has 20 heavy (non-hydrogen) atoms. The van der Waals surface area contributed by atoms with E-state index < -0.39 is 0 Å². The van der Waals surface area contributed by atoms with Gasteiger partial charge in [0.1, 0.15) is 5.82 Å². The van der Waals surface area contributed by atoms with Gasteiger partial charge in [-0.1, -0.05) is 6.07 Å². The molecule has 0 saturated heterocycles. The van der Waals surface area contributed by atoms with Crippen molar-refractivity contribution in [1.82, 2.24) is 15.3 Å². The van der Waals surface area contributed by atoms with Crippen LogP contribution in [0.2, 0.25) is 0 Å². The van der Waals surface area contributed by atoms with E-state index in [-0.39, 0.29) is 5.91 Å². The molecule has 0 bridgehead atoms. The van der Waals surface area contributed by atoms with Crippen molar-refractivity contribution in [3.05, 3.63) is 47.4 Å². The van der Waals surface area contributed by atoms with Gasteiger partial charge in [-0.25, -0.2) is 4.98 Å². The molecule has 0 unspecified atom stereocenters. The first-order chi connectivity index (χ1) is 9.60. The number of anilines is 2. The number of nitrogens with two attached hydrogens (primary N) is 1. The quantitative estimate of drug-likeness (QED) is 0.780. The number of nitrogens with zero attached hydrogens (tertiary/aromatic N) is 2. The summed E-state index contributed by atoms with van der Waals surface area (Å²) in [7, 11) is 1.61. The molecule has 2 aromatic rings. The summed E-state index contributed by atoms with van der Waals surface area (Å²) >= 11 is 0. The largest absolute Gasteiger partial charge is 0.382 e. The maximum atomic E-state index is 11.6. The van der Waals surface area contributed by atoms with Gasteiger partial charge in [0.05, 0.1) is 24.6 Å². The Hall–Kier alpha value is -2.63. The highest BCUT2D eigenvalue weighted by Crippen LogP contribution is 2.17. The minimum atomic E-state index is -0.111. The Morgan fingerprint density at radius 2 is 2.10 bits per heavy atom. The molecule has 104 valence electrons. The smallest absolute Gasteiger partial charge is 0.251 e. The number of carbonyl (C=O) groups excluding carboxylic acids is 1. The summed E-state index contributed by atoms with van der Waals surface area (Å²) in [6, 6.07) is 5.52. The van der Waals surface area contributed by atoms with Crippen molar-refractivity contribution in [3.8, 4) is 0 Å². The second-order valence-corrected chi connectivity index (χ2v) is 4.39. The lowest BCUT2D eigenvalue weighted by Crippen LogP contribution is -2.18. The zero-order valence-electron chi connectivity index (χ0n) is 11.5. The fourth-order valence-electron chi connectivity index (χ4n) is 1.74. The van der Waals surface area contributed by atoms with Gasteiger partial charge in [-0.05, 0) is 24.6 Å². The van der Waals surface area contributed by atoms with Gasteiger partial charge < -0.3 is 16.4 Å². The van der Waals surface area contributed by atoms with E-state index in [9.17, 15) is 4.79 Å². The molecule has 0 fully saturated rings. The summed E-state index contributed by atoms with van der Waals surface area (Å²) < 4.78 is 0. The van der Waals surface area contributed by atoms with Crippen molar-refractivity contribution in [3.63, 3.8) is 0 Å². The Balaban J connectivity index is 2.12. The first-order valence-electron chi connectivity index (χ1n) is 6.23. The molecule has 0 saturated carbocycles. The van der Waals surface area contributed by atoms with Crippen molar-refractivity contribution in [2.45, 2.75) is 13.5 Å². The number of rotatable bonds is 4. The summed E-state index contributed by atoms with van der Waals surface area (Å²) in [5.74, 6) is 0.284. The third-order valence-corrected chi connectivity index (χ3v) is 2.91. The minimum Gasteiger partial charge on any atom is -0.382 e. The summed E-state index contributed by atoms with van der Waals surface area (Å²) in [6.45, 7) is 2.50. The number of hydrogen-bond donors (Lipinski definition) is 3. The summed E-state index contributed by atoms with van der Waals surface area (Å²) in [5.41, 5.74) is 8.83. The van der Waals surface area contributed by atoms with E-state index in [0.29, 0.717) is 17.9 Å². The monoisotopic (exact) mass is 271 g/mol. The Morgan fingerprint density at radius 3 is 2.75 bits per heavy atom. The van der Waals surface area contributed by atoms with E-state index in [1.165, 1.54) is 6.20 Å². The van der Waals surface area contributed by atoms with E-state index >= 15 is 0 Å². The fourth-order valence-corrected chi connectivity index (χ4v) is 1.74. The van der Waals surface area contributed by atoms with Crippen molar-refractivity contribution in [1.29, 1.82) is 0 Å². The van der Waals surface area contributed by atoms with Gasteiger partial charge in [0, 0.05) is 18.3 Å². The van der Waals surface area contributed by atoms with Crippen LogP contribution in [0.3, 0.4) is 0 Å². The number of nitrogens with one attached hydrogen (secondary N) is 2. The van der Waals surface area contributed by atoms with Crippen molar-refractivity contribution in [2.24, 2.45) is 0 Å². The second kappa shape index (κ2) is 6.01. The van der Waals surface area contributed by atoms with Crippen molar-refractivity contribution < 1.29 is 4.79 Å². The Bertz CT molecular complexity index is 609. The number of aromatic nitrogens is 2. The van der Waals surface area contributed by atoms with Gasteiger partial charge in [0.2, 0.25) is 0 Å². The Morgan fingerprint density at radius 1 is 1.30 bits per heavy atom. The molecule has 4 N–H and O–H groups in total. The second-order valence-electron chi connectivity index (χ2n) is 4.39. The van der Waals surface area contributed by atoms with Crippen molar-refractivity contribution in [2.75, 3.05) is 18.1 Å². The number of hydrogen-bond acceptors (Lipinski definition) is 5. The number of aryl methyl sites for hydroxylation is 1. The summed E-state index contributed by atoms with van der Waals surface area (Å²) in [4.78, 5) is 19.8. The van der Waals surface area contributed by atoms with Gasteiger partial charge in [-0.2, -0.15) is 0 Å². The molecule has 6 heteroatoms.